The summed E-state index contributed by atoms with van der Waals surface area (Å²) >= 11 is 0. The molecule has 1 heterocycles. The van der Waals surface area contributed by atoms with E-state index >= 15 is 0 Å². The van der Waals surface area contributed by atoms with Gasteiger partial charge in [0.1, 0.15) is 0 Å². The number of unbranched alkanes of at least 4 members (excludes halogenated alkanes) is 3. The van der Waals surface area contributed by atoms with Crippen LogP contribution in [0, 0.1) is 11.5 Å². The van der Waals surface area contributed by atoms with Gasteiger partial charge < -0.3 is 20.1 Å². The van der Waals surface area contributed by atoms with Crippen LogP contribution in [-0.2, 0) is 0 Å². The number of hydrogen-bond acceptors (Lipinski definition) is 5. The quantitative estimate of drug-likeness (QED) is 0.299. The van der Waals surface area contributed by atoms with Gasteiger partial charge in [0, 0.05) is 24.6 Å². The number of aromatic nitrogens is 1. The van der Waals surface area contributed by atoms with Gasteiger partial charge in [-0.15, -0.1) is 4.99 Å². The normalized spacial score (nSPS) is 10.9. The number of rotatable bonds is 10. The molecule has 0 aliphatic heterocycles. The van der Waals surface area contributed by atoms with Gasteiger partial charge in [-0.3, -0.25) is 4.98 Å². The highest BCUT2D eigenvalue weighted by Crippen LogP contribution is 2.25. The first kappa shape index (κ1) is 20.0. The zero-order valence-corrected chi connectivity index (χ0v) is 15.5. The minimum absolute atomic E-state index is 0.197. The Hall–Kier alpha value is -3.27. The molecule has 0 bridgehead atoms. The summed E-state index contributed by atoms with van der Waals surface area (Å²) in [6.07, 6.45) is 9.07. The molecule has 27 heavy (non-hydrogen) atoms. The molecule has 7 heteroatoms. The SMILES string of the molecule is COc1ccccc1OCCCCCCN(C(N)=NC#N)c1ccncc1. The van der Waals surface area contributed by atoms with E-state index in [0.717, 1.165) is 42.9 Å². The van der Waals surface area contributed by atoms with Crippen molar-refractivity contribution in [1.29, 1.82) is 5.26 Å². The fourth-order valence-corrected chi connectivity index (χ4v) is 2.66. The van der Waals surface area contributed by atoms with E-state index < -0.39 is 0 Å². The van der Waals surface area contributed by atoms with Crippen molar-refractivity contribution in [3.8, 4) is 17.7 Å². The van der Waals surface area contributed by atoms with Crippen molar-refractivity contribution in [3.05, 3.63) is 48.8 Å². The predicted molar refractivity (Wildman–Crippen MR) is 106 cm³/mol. The van der Waals surface area contributed by atoms with Crippen LogP contribution in [0.5, 0.6) is 11.5 Å². The lowest BCUT2D eigenvalue weighted by Gasteiger charge is -2.22. The molecule has 0 unspecified atom stereocenters. The minimum Gasteiger partial charge on any atom is -0.493 e. The van der Waals surface area contributed by atoms with Gasteiger partial charge in [-0.1, -0.05) is 25.0 Å². The molecule has 0 fully saturated rings. The zero-order chi connectivity index (χ0) is 19.3. The van der Waals surface area contributed by atoms with Crippen molar-refractivity contribution in [2.45, 2.75) is 25.7 Å². The molecule has 0 aliphatic carbocycles. The summed E-state index contributed by atoms with van der Waals surface area (Å²) in [5.74, 6) is 1.71. The Morgan fingerprint density at radius 3 is 2.52 bits per heavy atom. The summed E-state index contributed by atoms with van der Waals surface area (Å²) in [6.45, 7) is 1.33. The molecule has 2 N–H and O–H groups in total. The molecule has 1 aromatic heterocycles. The summed E-state index contributed by atoms with van der Waals surface area (Å²) in [5, 5.41) is 8.75. The van der Waals surface area contributed by atoms with Gasteiger partial charge in [0.2, 0.25) is 12.2 Å². The van der Waals surface area contributed by atoms with Crippen molar-refractivity contribution < 1.29 is 9.47 Å². The molecule has 0 radical (unpaired) electrons. The lowest BCUT2D eigenvalue weighted by Crippen LogP contribution is -2.38. The van der Waals surface area contributed by atoms with Crippen molar-refractivity contribution in [3.63, 3.8) is 0 Å². The highest BCUT2D eigenvalue weighted by molar-refractivity contribution is 5.95. The molecule has 0 spiro atoms. The molecule has 2 rings (SSSR count). The number of pyridine rings is 1. The van der Waals surface area contributed by atoms with Crippen molar-refractivity contribution >= 4 is 11.6 Å². The largest absolute Gasteiger partial charge is 0.493 e. The molecular formula is C20H25N5O2. The molecule has 0 saturated heterocycles. The molecule has 0 atom stereocenters. The number of para-hydroxylation sites is 2. The standard InChI is InChI=1S/C20H25N5O2/c1-26-18-8-4-5-9-19(18)27-15-7-3-2-6-14-25(20(22)24-16-21)17-10-12-23-13-11-17/h4-5,8-13H,2-3,6-7,14-15H2,1H3,(H2,22,24). The van der Waals surface area contributed by atoms with Crippen LogP contribution in [0.2, 0.25) is 0 Å². The third-order valence-electron chi connectivity index (χ3n) is 4.02. The number of anilines is 1. The van der Waals surface area contributed by atoms with Crippen LogP contribution in [0.25, 0.3) is 0 Å². The molecule has 0 amide bonds. The van der Waals surface area contributed by atoms with Gasteiger partial charge in [0.05, 0.1) is 13.7 Å². The van der Waals surface area contributed by atoms with Crippen molar-refractivity contribution in [1.82, 2.24) is 4.98 Å². The van der Waals surface area contributed by atoms with Gasteiger partial charge in [0.25, 0.3) is 0 Å². The Kier molecular flexibility index (Phi) is 8.44. The van der Waals surface area contributed by atoms with E-state index in [0.29, 0.717) is 13.2 Å². The van der Waals surface area contributed by atoms with E-state index in [1.165, 1.54) is 0 Å². The Morgan fingerprint density at radius 2 is 1.81 bits per heavy atom. The lowest BCUT2D eigenvalue weighted by atomic mass is 10.2. The smallest absolute Gasteiger partial charge is 0.211 e. The third-order valence-corrected chi connectivity index (χ3v) is 4.02. The first-order valence-corrected chi connectivity index (χ1v) is 8.92. The summed E-state index contributed by atoms with van der Waals surface area (Å²) in [7, 11) is 1.64. The Bertz CT molecular complexity index is 758. The number of benzene rings is 1. The molecule has 142 valence electrons. The Morgan fingerprint density at radius 1 is 1.11 bits per heavy atom. The van der Waals surface area contributed by atoms with E-state index in [1.54, 1.807) is 25.7 Å². The van der Waals surface area contributed by atoms with Gasteiger partial charge >= 0.3 is 0 Å². The number of hydrogen-bond donors (Lipinski definition) is 1. The van der Waals surface area contributed by atoms with Crippen LogP contribution in [0.3, 0.4) is 0 Å². The Balaban J connectivity index is 1.73. The summed E-state index contributed by atoms with van der Waals surface area (Å²) < 4.78 is 11.0. The highest BCUT2D eigenvalue weighted by atomic mass is 16.5. The molecule has 1 aromatic carbocycles. The average Bonchev–Trinajstić information content (AvgIpc) is 2.71. The number of aliphatic imine (C=N–C) groups is 1. The monoisotopic (exact) mass is 367 g/mol. The van der Waals surface area contributed by atoms with E-state index in [-0.39, 0.29) is 5.96 Å². The first-order valence-electron chi connectivity index (χ1n) is 8.92. The summed E-state index contributed by atoms with van der Waals surface area (Å²) in [5.41, 5.74) is 6.79. The topological polar surface area (TPSA) is 96.8 Å². The Labute approximate surface area is 160 Å². The fourth-order valence-electron chi connectivity index (χ4n) is 2.66. The van der Waals surface area contributed by atoms with Gasteiger partial charge in [-0.05, 0) is 37.1 Å². The molecule has 0 saturated carbocycles. The number of guanidine groups is 1. The maximum absolute atomic E-state index is 8.75. The number of ether oxygens (including phenoxy) is 2. The minimum atomic E-state index is 0.197. The van der Waals surface area contributed by atoms with Crippen LogP contribution in [0.15, 0.2) is 53.8 Å². The van der Waals surface area contributed by atoms with Crippen LogP contribution < -0.4 is 20.1 Å². The van der Waals surface area contributed by atoms with Crippen LogP contribution in [-0.4, -0.2) is 31.2 Å². The second-order valence-electron chi connectivity index (χ2n) is 5.84. The van der Waals surface area contributed by atoms with Gasteiger partial charge in [0.15, 0.2) is 11.5 Å². The molecule has 7 nitrogen and oxygen atoms in total. The number of methoxy groups -OCH3 is 1. The molecule has 2 aromatic rings. The maximum Gasteiger partial charge on any atom is 0.211 e. The van der Waals surface area contributed by atoms with Crippen LogP contribution >= 0.6 is 0 Å². The van der Waals surface area contributed by atoms with Gasteiger partial charge in [-0.25, -0.2) is 0 Å². The maximum atomic E-state index is 8.75. The van der Waals surface area contributed by atoms with Gasteiger partial charge in [-0.2, -0.15) is 5.26 Å². The van der Waals surface area contributed by atoms with E-state index in [2.05, 4.69) is 9.98 Å². The van der Waals surface area contributed by atoms with E-state index in [4.69, 9.17) is 20.5 Å². The summed E-state index contributed by atoms with van der Waals surface area (Å²) in [6, 6.07) is 11.3. The second-order valence-corrected chi connectivity index (χ2v) is 5.84. The number of nitrogens with zero attached hydrogens (tertiary/aromatic N) is 4. The fraction of sp³-hybridized carbons (Fsp3) is 0.350. The zero-order valence-electron chi connectivity index (χ0n) is 15.5. The van der Waals surface area contributed by atoms with E-state index in [9.17, 15) is 0 Å². The van der Waals surface area contributed by atoms with Crippen LogP contribution in [0.4, 0.5) is 5.69 Å². The second kappa shape index (κ2) is 11.4. The average molecular weight is 367 g/mol. The number of nitrogens with two attached hydrogens (primary N) is 1. The van der Waals surface area contributed by atoms with Crippen molar-refractivity contribution in [2.24, 2.45) is 10.7 Å². The third kappa shape index (κ3) is 6.51. The van der Waals surface area contributed by atoms with E-state index in [1.807, 2.05) is 41.3 Å². The highest BCUT2D eigenvalue weighted by Gasteiger charge is 2.10. The molecular weight excluding hydrogens is 342 g/mol. The summed E-state index contributed by atoms with van der Waals surface area (Å²) in [4.78, 5) is 9.49. The predicted octanol–water partition coefficient (Wildman–Crippen LogP) is 3.33. The lowest BCUT2D eigenvalue weighted by molar-refractivity contribution is 0.285. The van der Waals surface area contributed by atoms with Crippen molar-refractivity contribution in [2.75, 3.05) is 25.2 Å². The van der Waals surface area contributed by atoms with Crippen LogP contribution in [0.1, 0.15) is 25.7 Å². The molecule has 0 aliphatic rings. The number of nitriles is 1. The first-order chi connectivity index (χ1) is 13.3.